The minimum absolute atomic E-state index is 0.0655. The molecule has 1 fully saturated rings. The third-order valence-electron chi connectivity index (χ3n) is 3.53. The Morgan fingerprint density at radius 2 is 2.00 bits per heavy atom. The van der Waals surface area contributed by atoms with Gasteiger partial charge in [-0.1, -0.05) is 35.3 Å². The van der Waals surface area contributed by atoms with Crippen LogP contribution in [0.2, 0.25) is 10.0 Å². The highest BCUT2D eigenvalue weighted by molar-refractivity contribution is 8.00. The Labute approximate surface area is 142 Å². The lowest BCUT2D eigenvalue weighted by molar-refractivity contribution is -0.115. The number of thioether (sulfide) groups is 1. The fraction of sp³-hybridized carbons (Fsp3) is 0.188. The minimum atomic E-state index is -0.330. The lowest BCUT2D eigenvalue weighted by Gasteiger charge is -2.25. The predicted molar refractivity (Wildman–Crippen MR) is 90.3 cm³/mol. The number of carbonyl (C=O) groups is 1. The molecule has 0 N–H and O–H groups in total. The smallest absolute Gasteiger partial charge is 0.238 e. The number of hydrogen-bond donors (Lipinski definition) is 0. The molecule has 2 aromatic carbocycles. The van der Waals surface area contributed by atoms with Gasteiger partial charge in [0.25, 0.3) is 0 Å². The van der Waals surface area contributed by atoms with Crippen molar-refractivity contribution >= 4 is 46.6 Å². The fourth-order valence-corrected chi connectivity index (χ4v) is 4.16. The second-order valence-electron chi connectivity index (χ2n) is 5.03. The van der Waals surface area contributed by atoms with E-state index >= 15 is 0 Å². The summed E-state index contributed by atoms with van der Waals surface area (Å²) in [6.45, 7) is 1.69. The number of rotatable bonds is 2. The minimum Gasteiger partial charge on any atom is -0.295 e. The third kappa shape index (κ3) is 2.83. The molecule has 0 unspecified atom stereocenters. The number of aryl methyl sites for hydroxylation is 1. The first-order valence-corrected chi connectivity index (χ1v) is 8.42. The average molecular weight is 356 g/mol. The Balaban J connectivity index is 2.03. The van der Waals surface area contributed by atoms with Gasteiger partial charge in [0, 0.05) is 21.3 Å². The third-order valence-corrected chi connectivity index (χ3v) is 5.29. The summed E-state index contributed by atoms with van der Waals surface area (Å²) in [5.41, 5.74) is 1.88. The van der Waals surface area contributed by atoms with Crippen LogP contribution in [-0.4, -0.2) is 11.7 Å². The van der Waals surface area contributed by atoms with Crippen LogP contribution < -0.4 is 4.90 Å². The number of hydrogen-bond acceptors (Lipinski definition) is 2. The van der Waals surface area contributed by atoms with Gasteiger partial charge in [0.1, 0.15) is 11.2 Å². The zero-order chi connectivity index (χ0) is 15.9. The van der Waals surface area contributed by atoms with E-state index in [0.29, 0.717) is 27.0 Å². The second kappa shape index (κ2) is 6.11. The molecule has 1 heterocycles. The number of carbonyl (C=O) groups excluding carboxylic acids is 1. The molecule has 2 aromatic rings. The van der Waals surface area contributed by atoms with E-state index in [-0.39, 0.29) is 17.1 Å². The zero-order valence-electron chi connectivity index (χ0n) is 11.6. The molecule has 1 saturated heterocycles. The normalized spacial score (nSPS) is 18.1. The maximum atomic E-state index is 13.8. The molecule has 0 bridgehead atoms. The van der Waals surface area contributed by atoms with Gasteiger partial charge in [-0.15, -0.1) is 11.8 Å². The molecule has 1 amide bonds. The van der Waals surface area contributed by atoms with Crippen LogP contribution >= 0.6 is 35.0 Å². The highest BCUT2D eigenvalue weighted by Gasteiger charge is 2.35. The number of halogens is 3. The molecular formula is C16H12Cl2FNOS. The van der Waals surface area contributed by atoms with Gasteiger partial charge in [-0.05, 0) is 36.8 Å². The van der Waals surface area contributed by atoms with Crippen LogP contribution in [0.1, 0.15) is 16.5 Å². The molecule has 1 aliphatic rings. The van der Waals surface area contributed by atoms with Crippen LogP contribution in [-0.2, 0) is 4.79 Å². The molecule has 6 heteroatoms. The molecule has 0 aliphatic carbocycles. The SMILES string of the molecule is Cc1ccc(N2C(=O)CS[C@@H]2c2ccc(Cl)cc2Cl)cc1F. The second-order valence-corrected chi connectivity index (χ2v) is 6.94. The largest absolute Gasteiger partial charge is 0.295 e. The van der Waals surface area contributed by atoms with Crippen molar-refractivity contribution in [2.75, 3.05) is 10.7 Å². The van der Waals surface area contributed by atoms with E-state index in [1.54, 1.807) is 42.2 Å². The Kier molecular flexibility index (Phi) is 4.35. The van der Waals surface area contributed by atoms with E-state index in [0.717, 1.165) is 5.56 Å². The van der Waals surface area contributed by atoms with Crippen molar-refractivity contribution in [3.05, 3.63) is 63.4 Å². The highest BCUT2D eigenvalue weighted by Crippen LogP contribution is 2.44. The Hall–Kier alpha value is -1.23. The monoisotopic (exact) mass is 355 g/mol. The number of benzene rings is 2. The first-order valence-electron chi connectivity index (χ1n) is 6.62. The Bertz CT molecular complexity index is 753. The molecule has 0 spiro atoms. The first kappa shape index (κ1) is 15.7. The molecule has 2 nitrogen and oxygen atoms in total. The van der Waals surface area contributed by atoms with Gasteiger partial charge in [-0.2, -0.15) is 0 Å². The molecule has 1 atom stereocenters. The van der Waals surface area contributed by atoms with E-state index in [9.17, 15) is 9.18 Å². The van der Waals surface area contributed by atoms with Crippen molar-refractivity contribution in [2.45, 2.75) is 12.3 Å². The van der Waals surface area contributed by atoms with E-state index in [1.165, 1.54) is 17.8 Å². The van der Waals surface area contributed by atoms with Crippen LogP contribution in [0.3, 0.4) is 0 Å². The van der Waals surface area contributed by atoms with Gasteiger partial charge in [0.2, 0.25) is 5.91 Å². The molecule has 0 aromatic heterocycles. The summed E-state index contributed by atoms with van der Waals surface area (Å²) in [7, 11) is 0. The maximum Gasteiger partial charge on any atom is 0.238 e. The van der Waals surface area contributed by atoms with Crippen LogP contribution in [0.15, 0.2) is 36.4 Å². The Morgan fingerprint density at radius 1 is 1.23 bits per heavy atom. The number of anilines is 1. The van der Waals surface area contributed by atoms with Crippen molar-refractivity contribution in [1.82, 2.24) is 0 Å². The van der Waals surface area contributed by atoms with Gasteiger partial charge in [-0.3, -0.25) is 9.69 Å². The highest BCUT2D eigenvalue weighted by atomic mass is 35.5. The summed E-state index contributed by atoms with van der Waals surface area (Å²) in [4.78, 5) is 13.8. The van der Waals surface area contributed by atoms with Gasteiger partial charge in [0.05, 0.1) is 5.75 Å². The first-order chi connectivity index (χ1) is 10.5. The molecule has 0 saturated carbocycles. The molecular weight excluding hydrogens is 344 g/mol. The van der Waals surface area contributed by atoms with Crippen LogP contribution in [0.25, 0.3) is 0 Å². The summed E-state index contributed by atoms with van der Waals surface area (Å²) in [6, 6.07) is 9.99. The molecule has 114 valence electrons. The van der Waals surface area contributed by atoms with E-state index in [4.69, 9.17) is 23.2 Å². The van der Waals surface area contributed by atoms with E-state index in [1.807, 2.05) is 0 Å². The summed E-state index contributed by atoms with van der Waals surface area (Å²) >= 11 is 13.6. The van der Waals surface area contributed by atoms with Crippen LogP contribution in [0.5, 0.6) is 0 Å². The van der Waals surface area contributed by atoms with Crippen molar-refractivity contribution in [2.24, 2.45) is 0 Å². The van der Waals surface area contributed by atoms with Gasteiger partial charge < -0.3 is 0 Å². The number of nitrogens with zero attached hydrogens (tertiary/aromatic N) is 1. The summed E-state index contributed by atoms with van der Waals surface area (Å²) in [5.74, 6) is -0.0634. The molecule has 22 heavy (non-hydrogen) atoms. The lowest BCUT2D eigenvalue weighted by Crippen LogP contribution is -2.28. The maximum absolute atomic E-state index is 13.8. The fourth-order valence-electron chi connectivity index (χ4n) is 2.37. The summed E-state index contributed by atoms with van der Waals surface area (Å²) in [6.07, 6.45) is 0. The zero-order valence-corrected chi connectivity index (χ0v) is 14.0. The standard InChI is InChI=1S/C16H12Cl2FNOS/c1-9-2-4-11(7-14(9)19)20-15(21)8-22-16(20)12-5-3-10(17)6-13(12)18/h2-7,16H,8H2,1H3/t16-/m1/s1. The van der Waals surface area contributed by atoms with E-state index in [2.05, 4.69) is 0 Å². The topological polar surface area (TPSA) is 20.3 Å². The Morgan fingerprint density at radius 3 is 2.68 bits per heavy atom. The lowest BCUT2D eigenvalue weighted by atomic mass is 10.1. The number of amides is 1. The van der Waals surface area contributed by atoms with Crippen molar-refractivity contribution < 1.29 is 9.18 Å². The molecule has 0 radical (unpaired) electrons. The van der Waals surface area contributed by atoms with E-state index < -0.39 is 0 Å². The summed E-state index contributed by atoms with van der Waals surface area (Å²) < 4.78 is 13.8. The van der Waals surface area contributed by atoms with Gasteiger partial charge >= 0.3 is 0 Å². The summed E-state index contributed by atoms with van der Waals surface area (Å²) in [5, 5.41) is 0.757. The van der Waals surface area contributed by atoms with Crippen LogP contribution in [0, 0.1) is 12.7 Å². The van der Waals surface area contributed by atoms with Gasteiger partial charge in [-0.25, -0.2) is 4.39 Å². The average Bonchev–Trinajstić information content (AvgIpc) is 2.84. The van der Waals surface area contributed by atoms with Gasteiger partial charge in [0.15, 0.2) is 0 Å². The van der Waals surface area contributed by atoms with Crippen molar-refractivity contribution in [3.8, 4) is 0 Å². The molecule has 1 aliphatic heterocycles. The predicted octanol–water partition coefficient (Wildman–Crippen LogP) is 5.22. The van der Waals surface area contributed by atoms with Crippen molar-refractivity contribution in [3.63, 3.8) is 0 Å². The molecule has 3 rings (SSSR count). The van der Waals surface area contributed by atoms with Crippen molar-refractivity contribution in [1.29, 1.82) is 0 Å². The van der Waals surface area contributed by atoms with Crippen LogP contribution in [0.4, 0.5) is 10.1 Å². The quantitative estimate of drug-likeness (QED) is 0.735.